The summed E-state index contributed by atoms with van der Waals surface area (Å²) in [5.74, 6) is -2.94. The zero-order chi connectivity index (χ0) is 21.8. The number of amides is 1. The third-order valence-electron chi connectivity index (χ3n) is 4.28. The molecule has 0 aromatic carbocycles. The number of nitrogens with one attached hydrogen (secondary N) is 1. The molecule has 0 aliphatic carbocycles. The molecule has 3 atom stereocenters. The molecule has 2 aliphatic rings. The zero-order valence-corrected chi connectivity index (χ0v) is 16.1. The normalized spacial score (nSPS) is 24.3. The van der Waals surface area contributed by atoms with E-state index < -0.39 is 28.2 Å². The van der Waals surface area contributed by atoms with E-state index in [4.69, 9.17) is 14.6 Å². The Morgan fingerprint density at radius 1 is 1.34 bits per heavy atom. The van der Waals surface area contributed by atoms with Crippen molar-refractivity contribution in [3.05, 3.63) is 30.1 Å². The van der Waals surface area contributed by atoms with Crippen molar-refractivity contribution >= 4 is 21.9 Å². The van der Waals surface area contributed by atoms with Crippen LogP contribution in [0.2, 0.25) is 0 Å². The van der Waals surface area contributed by atoms with E-state index in [1.54, 1.807) is 29.3 Å². The molecule has 9 nitrogen and oxygen atoms in total. The summed E-state index contributed by atoms with van der Waals surface area (Å²) >= 11 is 0. The highest BCUT2D eigenvalue weighted by Crippen LogP contribution is 2.30. The number of hydrogen-bond acceptors (Lipinski definition) is 6. The summed E-state index contributed by atoms with van der Waals surface area (Å²) in [5, 5.41) is 7.12. The van der Waals surface area contributed by atoms with E-state index in [9.17, 15) is 26.4 Å². The molecule has 29 heavy (non-hydrogen) atoms. The number of carbonyl (C=O) groups is 2. The number of likely N-dealkylation sites (tertiary alicyclic amines) is 1. The van der Waals surface area contributed by atoms with Crippen LogP contribution in [0.5, 0.6) is 0 Å². The first-order valence-electron chi connectivity index (χ1n) is 8.51. The van der Waals surface area contributed by atoms with Crippen LogP contribution in [0.4, 0.5) is 13.2 Å². The number of halogens is 3. The van der Waals surface area contributed by atoms with Gasteiger partial charge in [0.15, 0.2) is 0 Å². The van der Waals surface area contributed by atoms with Gasteiger partial charge in [0.05, 0.1) is 24.4 Å². The van der Waals surface area contributed by atoms with E-state index >= 15 is 0 Å². The minimum atomic E-state index is -5.08. The van der Waals surface area contributed by atoms with Crippen LogP contribution >= 0.6 is 0 Å². The highest BCUT2D eigenvalue weighted by Gasteiger charge is 2.47. The number of carbonyl (C=O) groups excluding carboxylic acids is 1. The Labute approximate surface area is 164 Å². The molecule has 2 saturated heterocycles. The smallest absolute Gasteiger partial charge is 0.475 e. The van der Waals surface area contributed by atoms with E-state index in [-0.39, 0.29) is 18.1 Å². The van der Waals surface area contributed by atoms with Gasteiger partial charge in [0.25, 0.3) is 5.91 Å². The number of aliphatic carboxylic acids is 1. The summed E-state index contributed by atoms with van der Waals surface area (Å²) in [6.07, 6.45) is -1.02. The Morgan fingerprint density at radius 3 is 2.52 bits per heavy atom. The standard InChI is InChI=1S/C14H19N3O4S.C2HF3O2/c1-22(19,20)16-11-9-17(12-6-4-8-21-13(11)12)14(18)10-5-2-3-7-15-10;3-2(4,5)1(6)7/h2-3,5,7,11-13,16H,4,6,8-9H2,1H3;(H,6,7)/t11-,12-,13-;/m1./s1. The molecule has 3 rings (SSSR count). The highest BCUT2D eigenvalue weighted by molar-refractivity contribution is 7.88. The molecular formula is C16H20F3N3O6S. The third-order valence-corrected chi connectivity index (χ3v) is 5.01. The second-order valence-corrected chi connectivity index (χ2v) is 8.30. The number of carboxylic acid groups (broad SMARTS) is 1. The first-order valence-corrected chi connectivity index (χ1v) is 10.4. The van der Waals surface area contributed by atoms with Crippen LogP contribution in [0.1, 0.15) is 23.3 Å². The second-order valence-electron chi connectivity index (χ2n) is 6.52. The largest absolute Gasteiger partial charge is 0.490 e. The number of fused-ring (bicyclic) bond motifs is 1. The van der Waals surface area contributed by atoms with Crippen molar-refractivity contribution < 1.29 is 41.0 Å². The van der Waals surface area contributed by atoms with Gasteiger partial charge in [-0.15, -0.1) is 0 Å². The number of carboxylic acids is 1. The summed E-state index contributed by atoms with van der Waals surface area (Å²) in [7, 11) is -3.36. The fourth-order valence-corrected chi connectivity index (χ4v) is 3.96. The summed E-state index contributed by atoms with van der Waals surface area (Å²) < 4.78 is 63.1. The number of pyridine rings is 1. The lowest BCUT2D eigenvalue weighted by atomic mass is 10.0. The first-order chi connectivity index (χ1) is 13.4. The molecule has 1 aromatic heterocycles. The molecule has 0 radical (unpaired) electrons. The molecule has 1 aromatic rings. The van der Waals surface area contributed by atoms with Crippen LogP contribution in [-0.4, -0.2) is 79.1 Å². The SMILES string of the molecule is CS(=O)(=O)N[C@@H]1CN(C(=O)c2ccccn2)[C@@H]2CCCO[C@@H]21.O=C(O)C(F)(F)F. The molecule has 2 fully saturated rings. The fourth-order valence-electron chi connectivity index (χ4n) is 3.21. The van der Waals surface area contributed by atoms with Gasteiger partial charge in [-0.3, -0.25) is 9.78 Å². The molecule has 0 spiro atoms. The molecule has 162 valence electrons. The average Bonchev–Trinajstić information content (AvgIpc) is 2.98. The minimum absolute atomic E-state index is 0.109. The lowest BCUT2D eigenvalue weighted by molar-refractivity contribution is -0.192. The van der Waals surface area contributed by atoms with Crippen molar-refractivity contribution in [2.24, 2.45) is 0 Å². The van der Waals surface area contributed by atoms with Crippen molar-refractivity contribution in [1.82, 2.24) is 14.6 Å². The molecule has 13 heteroatoms. The topological polar surface area (TPSA) is 126 Å². The summed E-state index contributed by atoms with van der Waals surface area (Å²) in [5.41, 5.74) is 0.367. The second kappa shape index (κ2) is 9.05. The Kier molecular flexibility index (Phi) is 7.19. The number of rotatable bonds is 3. The van der Waals surface area contributed by atoms with E-state index in [1.165, 1.54) is 0 Å². The van der Waals surface area contributed by atoms with Gasteiger partial charge < -0.3 is 14.7 Å². The van der Waals surface area contributed by atoms with Gasteiger partial charge in [0, 0.05) is 19.3 Å². The molecule has 2 aliphatic heterocycles. The van der Waals surface area contributed by atoms with Crippen LogP contribution in [0, 0.1) is 0 Å². The van der Waals surface area contributed by atoms with E-state index in [0.717, 1.165) is 19.1 Å². The summed E-state index contributed by atoms with van der Waals surface area (Å²) in [4.78, 5) is 27.3. The van der Waals surface area contributed by atoms with Gasteiger partial charge in [0.2, 0.25) is 10.0 Å². The Hall–Kier alpha value is -2.25. The molecule has 0 unspecified atom stereocenters. The van der Waals surface area contributed by atoms with Gasteiger partial charge in [-0.1, -0.05) is 6.07 Å². The lowest BCUT2D eigenvalue weighted by Crippen LogP contribution is -2.47. The van der Waals surface area contributed by atoms with Crippen LogP contribution < -0.4 is 4.72 Å². The molecule has 2 N–H and O–H groups in total. The fraction of sp³-hybridized carbons (Fsp3) is 0.562. The van der Waals surface area contributed by atoms with E-state index in [2.05, 4.69) is 9.71 Å². The maximum absolute atomic E-state index is 12.6. The van der Waals surface area contributed by atoms with E-state index in [0.29, 0.717) is 18.8 Å². The van der Waals surface area contributed by atoms with Crippen LogP contribution in [0.3, 0.4) is 0 Å². The number of aromatic nitrogens is 1. The highest BCUT2D eigenvalue weighted by atomic mass is 32.2. The number of alkyl halides is 3. The van der Waals surface area contributed by atoms with Crippen molar-refractivity contribution in [2.45, 2.75) is 37.2 Å². The summed E-state index contributed by atoms with van der Waals surface area (Å²) in [6, 6.07) is 4.66. The van der Waals surface area contributed by atoms with Gasteiger partial charge in [0.1, 0.15) is 5.69 Å². The maximum Gasteiger partial charge on any atom is 0.490 e. The van der Waals surface area contributed by atoms with Gasteiger partial charge in [-0.25, -0.2) is 17.9 Å². The first kappa shape index (κ1) is 23.0. The van der Waals surface area contributed by atoms with Gasteiger partial charge in [-0.05, 0) is 25.0 Å². The molecule has 0 saturated carbocycles. The predicted octanol–water partition coefficient (Wildman–Crippen LogP) is 0.636. The van der Waals surface area contributed by atoms with Crippen molar-refractivity contribution in [1.29, 1.82) is 0 Å². The Bertz CT molecular complexity index is 834. The maximum atomic E-state index is 12.6. The number of hydrogen-bond donors (Lipinski definition) is 2. The number of nitrogens with zero attached hydrogens (tertiary/aromatic N) is 2. The summed E-state index contributed by atoms with van der Waals surface area (Å²) in [6.45, 7) is 0.895. The minimum Gasteiger partial charge on any atom is -0.475 e. The monoisotopic (exact) mass is 439 g/mol. The lowest BCUT2D eigenvalue weighted by Gasteiger charge is -2.32. The van der Waals surface area contributed by atoms with Crippen molar-refractivity contribution in [2.75, 3.05) is 19.4 Å². The molecule has 3 heterocycles. The van der Waals surface area contributed by atoms with Gasteiger partial charge >= 0.3 is 12.1 Å². The third kappa shape index (κ3) is 6.37. The molecule has 1 amide bonds. The molecule has 0 bridgehead atoms. The zero-order valence-electron chi connectivity index (χ0n) is 15.3. The number of sulfonamides is 1. The van der Waals surface area contributed by atoms with E-state index in [1.807, 2.05) is 0 Å². The van der Waals surface area contributed by atoms with Crippen molar-refractivity contribution in [3.8, 4) is 0 Å². The molecular weight excluding hydrogens is 419 g/mol. The van der Waals surface area contributed by atoms with Gasteiger partial charge in [-0.2, -0.15) is 13.2 Å². The van der Waals surface area contributed by atoms with Crippen LogP contribution in [0.25, 0.3) is 0 Å². The Morgan fingerprint density at radius 2 is 2.00 bits per heavy atom. The predicted molar refractivity (Wildman–Crippen MR) is 93.5 cm³/mol. The average molecular weight is 439 g/mol. The van der Waals surface area contributed by atoms with Crippen LogP contribution in [0.15, 0.2) is 24.4 Å². The van der Waals surface area contributed by atoms with Crippen molar-refractivity contribution in [3.63, 3.8) is 0 Å². The quantitative estimate of drug-likeness (QED) is 0.708. The Balaban J connectivity index is 0.000000370. The number of ether oxygens (including phenoxy) is 1. The van der Waals surface area contributed by atoms with Crippen LogP contribution in [-0.2, 0) is 19.6 Å².